The summed E-state index contributed by atoms with van der Waals surface area (Å²) in [7, 11) is 0. The first-order valence-corrected chi connectivity index (χ1v) is 6.53. The van der Waals surface area contributed by atoms with Crippen molar-refractivity contribution in [3.05, 3.63) is 11.6 Å². The third-order valence-electron chi connectivity index (χ3n) is 4.03. The fourth-order valence-electron chi connectivity index (χ4n) is 3.41. The number of hydrogen-bond donors (Lipinski definition) is 1. The van der Waals surface area contributed by atoms with Gasteiger partial charge >= 0.3 is 0 Å². The summed E-state index contributed by atoms with van der Waals surface area (Å²) in [5.41, 5.74) is 8.24. The van der Waals surface area contributed by atoms with Gasteiger partial charge in [0, 0.05) is 6.04 Å². The predicted molar refractivity (Wildman–Crippen MR) is 65.6 cm³/mol. The molecule has 1 saturated carbocycles. The summed E-state index contributed by atoms with van der Waals surface area (Å²) in [6.45, 7) is 4.73. The van der Waals surface area contributed by atoms with Crippen LogP contribution in [0, 0.1) is 11.3 Å². The van der Waals surface area contributed by atoms with Crippen molar-refractivity contribution in [3.63, 3.8) is 0 Å². The standard InChI is InChI=1S/C14H25N/c1-14(2)9-12(8-13(15)10-14)11-6-4-3-5-7-11/h8,11,13H,3-7,9-10,15H2,1-2H3. The van der Waals surface area contributed by atoms with Crippen molar-refractivity contribution in [1.82, 2.24) is 0 Å². The molecule has 1 atom stereocenters. The van der Waals surface area contributed by atoms with Crippen LogP contribution >= 0.6 is 0 Å². The van der Waals surface area contributed by atoms with Crippen LogP contribution in [-0.4, -0.2) is 6.04 Å². The molecule has 0 bridgehead atoms. The summed E-state index contributed by atoms with van der Waals surface area (Å²) in [4.78, 5) is 0. The molecular formula is C14H25N. The maximum absolute atomic E-state index is 6.13. The van der Waals surface area contributed by atoms with Gasteiger partial charge in [-0.3, -0.25) is 0 Å². The van der Waals surface area contributed by atoms with Crippen LogP contribution in [0.1, 0.15) is 58.8 Å². The van der Waals surface area contributed by atoms with Crippen LogP contribution in [0.25, 0.3) is 0 Å². The number of rotatable bonds is 1. The topological polar surface area (TPSA) is 26.0 Å². The van der Waals surface area contributed by atoms with Gasteiger partial charge in [0.2, 0.25) is 0 Å². The van der Waals surface area contributed by atoms with Gasteiger partial charge < -0.3 is 5.73 Å². The zero-order chi connectivity index (χ0) is 10.9. The van der Waals surface area contributed by atoms with Gasteiger partial charge in [-0.1, -0.05) is 44.8 Å². The van der Waals surface area contributed by atoms with Crippen LogP contribution in [0.3, 0.4) is 0 Å². The molecule has 2 rings (SSSR count). The first-order valence-electron chi connectivity index (χ1n) is 6.53. The zero-order valence-corrected chi connectivity index (χ0v) is 10.3. The van der Waals surface area contributed by atoms with Crippen molar-refractivity contribution in [2.75, 3.05) is 0 Å². The van der Waals surface area contributed by atoms with Gasteiger partial charge in [-0.15, -0.1) is 0 Å². The molecule has 0 spiro atoms. The SMILES string of the molecule is CC1(C)CC(C2CCCCC2)=CC(N)C1. The van der Waals surface area contributed by atoms with E-state index in [2.05, 4.69) is 19.9 Å². The molecule has 1 nitrogen and oxygen atoms in total. The molecule has 0 amide bonds. The first kappa shape index (κ1) is 11.2. The largest absolute Gasteiger partial charge is 0.324 e. The minimum absolute atomic E-state index is 0.311. The Hall–Kier alpha value is -0.300. The Labute approximate surface area is 94.1 Å². The van der Waals surface area contributed by atoms with Crippen LogP contribution in [0.15, 0.2) is 11.6 Å². The molecule has 1 heteroatoms. The minimum Gasteiger partial charge on any atom is -0.324 e. The molecule has 0 aromatic rings. The highest BCUT2D eigenvalue weighted by Gasteiger charge is 2.30. The van der Waals surface area contributed by atoms with Crippen LogP contribution in [0.5, 0.6) is 0 Å². The molecule has 2 aliphatic rings. The van der Waals surface area contributed by atoms with Gasteiger partial charge in [0.1, 0.15) is 0 Å². The van der Waals surface area contributed by atoms with E-state index in [9.17, 15) is 0 Å². The van der Waals surface area contributed by atoms with Gasteiger partial charge in [-0.25, -0.2) is 0 Å². The van der Waals surface area contributed by atoms with Gasteiger partial charge in [0.15, 0.2) is 0 Å². The summed E-state index contributed by atoms with van der Waals surface area (Å²) >= 11 is 0. The number of allylic oxidation sites excluding steroid dienone is 1. The lowest BCUT2D eigenvalue weighted by Crippen LogP contribution is -2.32. The molecule has 0 aliphatic heterocycles. The van der Waals surface area contributed by atoms with E-state index in [4.69, 9.17) is 5.73 Å². The van der Waals surface area contributed by atoms with E-state index >= 15 is 0 Å². The van der Waals surface area contributed by atoms with Gasteiger partial charge in [-0.05, 0) is 37.0 Å². The van der Waals surface area contributed by atoms with E-state index in [0.29, 0.717) is 11.5 Å². The maximum atomic E-state index is 6.13. The highest BCUT2D eigenvalue weighted by Crippen LogP contribution is 2.41. The lowest BCUT2D eigenvalue weighted by atomic mass is 9.70. The number of nitrogens with two attached hydrogens (primary N) is 1. The molecule has 0 heterocycles. The Morgan fingerprint density at radius 3 is 2.47 bits per heavy atom. The second kappa shape index (κ2) is 4.29. The molecule has 2 aliphatic carbocycles. The smallest absolute Gasteiger partial charge is 0.0231 e. The average Bonchev–Trinajstić information content (AvgIpc) is 2.16. The Balaban J connectivity index is 2.07. The molecular weight excluding hydrogens is 182 g/mol. The van der Waals surface area contributed by atoms with Crippen molar-refractivity contribution >= 4 is 0 Å². The molecule has 86 valence electrons. The van der Waals surface area contributed by atoms with Gasteiger partial charge in [0.05, 0.1) is 0 Å². The van der Waals surface area contributed by atoms with Crippen LogP contribution in [-0.2, 0) is 0 Å². The Bertz CT molecular complexity index is 246. The van der Waals surface area contributed by atoms with Crippen molar-refractivity contribution in [2.45, 2.75) is 64.8 Å². The molecule has 1 fully saturated rings. The summed E-state index contributed by atoms with van der Waals surface area (Å²) in [6, 6.07) is 0.311. The normalized spacial score (nSPS) is 32.5. The third-order valence-corrected chi connectivity index (χ3v) is 4.03. The zero-order valence-electron chi connectivity index (χ0n) is 10.3. The van der Waals surface area contributed by atoms with E-state index in [-0.39, 0.29) is 0 Å². The van der Waals surface area contributed by atoms with E-state index in [0.717, 1.165) is 12.3 Å². The van der Waals surface area contributed by atoms with Crippen LogP contribution in [0.2, 0.25) is 0 Å². The van der Waals surface area contributed by atoms with Crippen molar-refractivity contribution in [3.8, 4) is 0 Å². The highest BCUT2D eigenvalue weighted by atomic mass is 14.6. The van der Waals surface area contributed by atoms with Crippen molar-refractivity contribution in [2.24, 2.45) is 17.1 Å². The van der Waals surface area contributed by atoms with E-state index in [1.807, 2.05) is 0 Å². The fraction of sp³-hybridized carbons (Fsp3) is 0.857. The lowest BCUT2D eigenvalue weighted by molar-refractivity contribution is 0.272. The van der Waals surface area contributed by atoms with Crippen molar-refractivity contribution < 1.29 is 0 Å². The Morgan fingerprint density at radius 1 is 1.20 bits per heavy atom. The predicted octanol–water partition coefficient (Wildman–Crippen LogP) is 3.64. The van der Waals surface area contributed by atoms with Gasteiger partial charge in [0.25, 0.3) is 0 Å². The molecule has 15 heavy (non-hydrogen) atoms. The lowest BCUT2D eigenvalue weighted by Gasteiger charge is -2.37. The molecule has 0 radical (unpaired) electrons. The monoisotopic (exact) mass is 207 g/mol. The Morgan fingerprint density at radius 2 is 1.87 bits per heavy atom. The fourth-order valence-corrected chi connectivity index (χ4v) is 3.41. The molecule has 0 saturated heterocycles. The molecule has 0 aromatic carbocycles. The second-order valence-corrected chi connectivity index (χ2v) is 6.29. The van der Waals surface area contributed by atoms with Crippen LogP contribution < -0.4 is 5.73 Å². The van der Waals surface area contributed by atoms with Gasteiger partial charge in [-0.2, -0.15) is 0 Å². The molecule has 0 aromatic heterocycles. The Kier molecular flexibility index (Phi) is 3.20. The quantitative estimate of drug-likeness (QED) is 0.653. The minimum atomic E-state index is 0.311. The molecule has 2 N–H and O–H groups in total. The molecule has 1 unspecified atom stereocenters. The van der Waals surface area contributed by atoms with E-state index in [1.54, 1.807) is 5.57 Å². The van der Waals surface area contributed by atoms with Crippen molar-refractivity contribution in [1.29, 1.82) is 0 Å². The first-order chi connectivity index (χ1) is 7.07. The van der Waals surface area contributed by atoms with E-state index < -0.39 is 0 Å². The highest BCUT2D eigenvalue weighted by molar-refractivity contribution is 5.17. The summed E-state index contributed by atoms with van der Waals surface area (Å²) < 4.78 is 0. The third kappa shape index (κ3) is 2.84. The van der Waals surface area contributed by atoms with Crippen LogP contribution in [0.4, 0.5) is 0 Å². The van der Waals surface area contributed by atoms with E-state index in [1.165, 1.54) is 38.5 Å². The average molecular weight is 207 g/mol. The second-order valence-electron chi connectivity index (χ2n) is 6.29. The summed E-state index contributed by atoms with van der Waals surface area (Å²) in [5.74, 6) is 0.865. The number of hydrogen-bond acceptors (Lipinski definition) is 1. The summed E-state index contributed by atoms with van der Waals surface area (Å²) in [6.07, 6.45) is 11.9. The summed E-state index contributed by atoms with van der Waals surface area (Å²) in [5, 5.41) is 0. The maximum Gasteiger partial charge on any atom is 0.0231 e.